The van der Waals surface area contributed by atoms with E-state index in [1.807, 2.05) is 6.92 Å². The lowest BCUT2D eigenvalue weighted by Gasteiger charge is -2.02. The maximum absolute atomic E-state index is 11.3. The van der Waals surface area contributed by atoms with E-state index in [0.29, 0.717) is 23.6 Å². The summed E-state index contributed by atoms with van der Waals surface area (Å²) >= 11 is 0. The Morgan fingerprint density at radius 1 is 1.48 bits per heavy atom. The van der Waals surface area contributed by atoms with E-state index in [1.165, 1.54) is 11.1 Å². The third-order valence-electron chi connectivity index (χ3n) is 2.87. The van der Waals surface area contributed by atoms with Crippen LogP contribution in [-0.4, -0.2) is 46.0 Å². The van der Waals surface area contributed by atoms with Crippen molar-refractivity contribution >= 4 is 5.97 Å². The second-order valence-corrected chi connectivity index (χ2v) is 4.18. The van der Waals surface area contributed by atoms with Gasteiger partial charge in [0.1, 0.15) is 12.2 Å². The van der Waals surface area contributed by atoms with Gasteiger partial charge in [-0.3, -0.25) is 4.68 Å². The molecule has 0 amide bonds. The molecule has 0 aliphatic heterocycles. The summed E-state index contributed by atoms with van der Waals surface area (Å²) in [7, 11) is 0. The fraction of sp³-hybridized carbons (Fsp3) is 0.273. The molecule has 10 heteroatoms. The SMILES string of the molecule is CCn1cc(-c2c(C(=O)O)nnn2Cc2ncon2)cn1. The number of aromatic nitrogens is 7. The molecule has 0 saturated heterocycles. The standard InChI is InChI=1S/C11H11N7O3/c1-2-17-4-7(3-13-17)10-9(11(19)20)14-16-18(10)5-8-12-6-21-15-8/h3-4,6H,2,5H2,1H3,(H,19,20). The van der Waals surface area contributed by atoms with E-state index in [-0.39, 0.29) is 12.2 Å². The largest absolute Gasteiger partial charge is 0.476 e. The third-order valence-corrected chi connectivity index (χ3v) is 2.87. The summed E-state index contributed by atoms with van der Waals surface area (Å²) in [5, 5.41) is 24.6. The highest BCUT2D eigenvalue weighted by molar-refractivity contribution is 5.92. The van der Waals surface area contributed by atoms with Crippen LogP contribution in [0.2, 0.25) is 0 Å². The van der Waals surface area contributed by atoms with Gasteiger partial charge in [0.2, 0.25) is 6.39 Å². The molecule has 0 aromatic carbocycles. The molecule has 21 heavy (non-hydrogen) atoms. The Labute approximate surface area is 118 Å². The van der Waals surface area contributed by atoms with E-state index >= 15 is 0 Å². The minimum absolute atomic E-state index is 0.144. The van der Waals surface area contributed by atoms with Crippen molar-refractivity contribution in [3.05, 3.63) is 30.3 Å². The number of aromatic carboxylic acids is 1. The first-order chi connectivity index (χ1) is 10.2. The van der Waals surface area contributed by atoms with E-state index in [2.05, 4.69) is 30.1 Å². The minimum Gasteiger partial charge on any atom is -0.476 e. The number of hydrogen-bond donors (Lipinski definition) is 1. The van der Waals surface area contributed by atoms with Gasteiger partial charge in [-0.1, -0.05) is 10.4 Å². The molecule has 0 atom stereocenters. The molecule has 1 N–H and O–H groups in total. The Morgan fingerprint density at radius 2 is 2.33 bits per heavy atom. The van der Waals surface area contributed by atoms with E-state index in [4.69, 9.17) is 0 Å². The monoisotopic (exact) mass is 289 g/mol. The van der Waals surface area contributed by atoms with Gasteiger partial charge in [-0.05, 0) is 6.92 Å². The average Bonchev–Trinajstić information content (AvgIpc) is 3.18. The number of aryl methyl sites for hydroxylation is 1. The average molecular weight is 289 g/mol. The molecular formula is C11H11N7O3. The van der Waals surface area contributed by atoms with Crippen molar-refractivity contribution in [2.75, 3.05) is 0 Å². The van der Waals surface area contributed by atoms with Crippen molar-refractivity contribution in [3.63, 3.8) is 0 Å². The topological polar surface area (TPSA) is 125 Å². The van der Waals surface area contributed by atoms with Crippen molar-refractivity contribution in [3.8, 4) is 11.3 Å². The van der Waals surface area contributed by atoms with E-state index in [9.17, 15) is 9.90 Å². The summed E-state index contributed by atoms with van der Waals surface area (Å²) in [5.41, 5.74) is 0.823. The summed E-state index contributed by atoms with van der Waals surface area (Å²) in [5.74, 6) is -0.783. The van der Waals surface area contributed by atoms with Crippen LogP contribution >= 0.6 is 0 Å². The zero-order valence-electron chi connectivity index (χ0n) is 11.0. The number of carboxylic acid groups (broad SMARTS) is 1. The summed E-state index contributed by atoms with van der Waals surface area (Å²) < 4.78 is 7.75. The van der Waals surface area contributed by atoms with Crippen LogP contribution in [-0.2, 0) is 13.1 Å². The molecule has 3 rings (SSSR count). The summed E-state index contributed by atoms with van der Waals surface area (Å²) in [4.78, 5) is 15.2. The fourth-order valence-electron chi connectivity index (χ4n) is 1.91. The Bertz CT molecular complexity index is 759. The first-order valence-electron chi connectivity index (χ1n) is 6.14. The third kappa shape index (κ3) is 2.38. The van der Waals surface area contributed by atoms with E-state index in [0.717, 1.165) is 0 Å². The summed E-state index contributed by atoms with van der Waals surface area (Å²) in [6.07, 6.45) is 4.50. The first-order valence-corrected chi connectivity index (χ1v) is 6.14. The molecule has 0 saturated carbocycles. The normalized spacial score (nSPS) is 10.9. The first kappa shape index (κ1) is 13.0. The molecule has 3 heterocycles. The van der Waals surface area contributed by atoms with Crippen LogP contribution in [0.3, 0.4) is 0 Å². The van der Waals surface area contributed by atoms with Gasteiger partial charge in [0.15, 0.2) is 11.5 Å². The molecule has 0 spiro atoms. The number of carboxylic acids is 1. The maximum atomic E-state index is 11.3. The molecule has 3 aromatic rings. The van der Waals surface area contributed by atoms with Gasteiger partial charge in [0, 0.05) is 18.3 Å². The van der Waals surface area contributed by atoms with Crippen LogP contribution in [0.4, 0.5) is 0 Å². The van der Waals surface area contributed by atoms with Gasteiger partial charge in [-0.15, -0.1) is 5.10 Å². The molecule has 0 aliphatic carbocycles. The molecule has 108 valence electrons. The molecule has 0 fully saturated rings. The van der Waals surface area contributed by atoms with Gasteiger partial charge in [0.05, 0.1) is 6.20 Å². The van der Waals surface area contributed by atoms with Crippen molar-refractivity contribution < 1.29 is 14.4 Å². The van der Waals surface area contributed by atoms with Crippen molar-refractivity contribution in [1.82, 2.24) is 34.9 Å². The van der Waals surface area contributed by atoms with E-state index in [1.54, 1.807) is 17.1 Å². The molecule has 0 unspecified atom stereocenters. The van der Waals surface area contributed by atoms with Gasteiger partial charge >= 0.3 is 5.97 Å². The predicted molar refractivity (Wildman–Crippen MR) is 67.3 cm³/mol. The smallest absolute Gasteiger partial charge is 0.358 e. The Morgan fingerprint density at radius 3 is 2.95 bits per heavy atom. The summed E-state index contributed by atoms with van der Waals surface area (Å²) in [6.45, 7) is 2.77. The molecule has 0 radical (unpaired) electrons. The highest BCUT2D eigenvalue weighted by atomic mass is 16.5. The molecule has 3 aromatic heterocycles. The van der Waals surface area contributed by atoms with Gasteiger partial charge < -0.3 is 9.63 Å². The fourth-order valence-corrected chi connectivity index (χ4v) is 1.91. The molecule has 0 bridgehead atoms. The summed E-state index contributed by atoms with van der Waals surface area (Å²) in [6, 6.07) is 0. The highest BCUT2D eigenvalue weighted by Crippen LogP contribution is 2.22. The van der Waals surface area contributed by atoms with Crippen LogP contribution in [0.5, 0.6) is 0 Å². The van der Waals surface area contributed by atoms with Crippen molar-refractivity contribution in [2.24, 2.45) is 0 Å². The van der Waals surface area contributed by atoms with Crippen LogP contribution in [0.25, 0.3) is 11.3 Å². The van der Waals surface area contributed by atoms with Crippen LogP contribution in [0.15, 0.2) is 23.3 Å². The number of hydrogen-bond acceptors (Lipinski definition) is 7. The van der Waals surface area contributed by atoms with Gasteiger partial charge in [0.25, 0.3) is 0 Å². The molecule has 10 nitrogen and oxygen atoms in total. The Balaban J connectivity index is 2.06. The lowest BCUT2D eigenvalue weighted by atomic mass is 10.2. The number of nitrogens with zero attached hydrogens (tertiary/aromatic N) is 7. The zero-order valence-corrected chi connectivity index (χ0v) is 11.0. The van der Waals surface area contributed by atoms with Crippen molar-refractivity contribution in [1.29, 1.82) is 0 Å². The highest BCUT2D eigenvalue weighted by Gasteiger charge is 2.22. The number of rotatable bonds is 5. The quantitative estimate of drug-likeness (QED) is 0.710. The Kier molecular flexibility index (Phi) is 3.18. The molecule has 0 aliphatic rings. The minimum atomic E-state index is -1.16. The number of carbonyl (C=O) groups is 1. The lowest BCUT2D eigenvalue weighted by Crippen LogP contribution is -2.07. The maximum Gasteiger partial charge on any atom is 0.358 e. The van der Waals surface area contributed by atoms with Crippen LogP contribution in [0, 0.1) is 0 Å². The van der Waals surface area contributed by atoms with Crippen LogP contribution < -0.4 is 0 Å². The van der Waals surface area contributed by atoms with E-state index < -0.39 is 5.97 Å². The zero-order chi connectivity index (χ0) is 14.8. The Hall–Kier alpha value is -3.04. The lowest BCUT2D eigenvalue weighted by molar-refractivity contribution is 0.0691. The second kappa shape index (κ2) is 5.15. The van der Waals surface area contributed by atoms with Crippen molar-refractivity contribution in [2.45, 2.75) is 20.0 Å². The predicted octanol–water partition coefficient (Wildman–Crippen LogP) is 0.291. The molecular weight excluding hydrogens is 278 g/mol. The van der Waals surface area contributed by atoms with Gasteiger partial charge in [-0.25, -0.2) is 9.48 Å². The second-order valence-electron chi connectivity index (χ2n) is 4.18. The van der Waals surface area contributed by atoms with Gasteiger partial charge in [-0.2, -0.15) is 10.1 Å². The van der Waals surface area contributed by atoms with Crippen LogP contribution in [0.1, 0.15) is 23.2 Å².